The monoisotopic (exact) mass is 355 g/mol. The number of rotatable bonds is 7. The highest BCUT2D eigenvalue weighted by atomic mass is 16.5. The second-order valence-corrected chi connectivity index (χ2v) is 6.68. The number of pyridine rings is 1. The minimum Gasteiger partial charge on any atom is -0.482 e. The van der Waals surface area contributed by atoms with E-state index < -0.39 is 5.97 Å². The summed E-state index contributed by atoms with van der Waals surface area (Å²) >= 11 is 0. The molecular weight excluding hydrogens is 330 g/mol. The lowest BCUT2D eigenvalue weighted by molar-refractivity contribution is -0.139. The molecule has 6 nitrogen and oxygen atoms in total. The molecule has 1 aromatic heterocycles. The van der Waals surface area contributed by atoms with E-state index in [4.69, 9.17) is 14.8 Å². The number of nitrogens with zero attached hydrogens (tertiary/aromatic N) is 2. The predicted octanol–water partition coefficient (Wildman–Crippen LogP) is 2.88. The molecule has 0 bridgehead atoms. The zero-order chi connectivity index (χ0) is 18.5. The normalized spacial score (nSPS) is 17.2. The number of likely N-dealkylation sites (tertiary alicyclic amines) is 1. The molecule has 2 N–H and O–H groups in total. The summed E-state index contributed by atoms with van der Waals surface area (Å²) in [5.74, 6) is 0.0884. The van der Waals surface area contributed by atoms with Crippen LogP contribution in [-0.2, 0) is 11.3 Å². The fourth-order valence-corrected chi connectivity index (χ4v) is 3.42. The number of carbonyl (C=O) groups is 1. The van der Waals surface area contributed by atoms with Crippen LogP contribution in [0.3, 0.4) is 0 Å². The lowest BCUT2D eigenvalue weighted by atomic mass is 10.0. The number of benzene rings is 1. The first-order valence-electron chi connectivity index (χ1n) is 8.86. The number of ether oxygens (including phenoxy) is 1. The Bertz CT molecular complexity index is 779. The lowest BCUT2D eigenvalue weighted by Gasteiger charge is -2.18. The van der Waals surface area contributed by atoms with Gasteiger partial charge in [0, 0.05) is 48.7 Å². The molecule has 1 aliphatic heterocycles. The van der Waals surface area contributed by atoms with Gasteiger partial charge < -0.3 is 15.2 Å². The first-order valence-corrected chi connectivity index (χ1v) is 8.86. The van der Waals surface area contributed by atoms with Crippen molar-refractivity contribution in [3.63, 3.8) is 0 Å². The Morgan fingerprint density at radius 1 is 1.38 bits per heavy atom. The Kier molecular flexibility index (Phi) is 5.73. The summed E-state index contributed by atoms with van der Waals surface area (Å²) in [5, 5.41) is 12.0. The average molecular weight is 355 g/mol. The summed E-state index contributed by atoms with van der Waals surface area (Å²) in [5.41, 5.74) is 4.27. The van der Waals surface area contributed by atoms with E-state index in [9.17, 15) is 4.79 Å². The van der Waals surface area contributed by atoms with Crippen molar-refractivity contribution < 1.29 is 14.6 Å². The highest BCUT2D eigenvalue weighted by molar-refractivity contribution is 5.68. The van der Waals surface area contributed by atoms with Gasteiger partial charge in [0.15, 0.2) is 6.61 Å². The first kappa shape index (κ1) is 18.2. The number of aliphatic carboxylic acids is 1. The molecule has 1 aromatic carbocycles. The van der Waals surface area contributed by atoms with E-state index in [1.807, 2.05) is 44.3 Å². The van der Waals surface area contributed by atoms with Crippen LogP contribution in [0, 0.1) is 6.92 Å². The maximum Gasteiger partial charge on any atom is 0.341 e. The predicted molar refractivity (Wildman–Crippen MR) is 101 cm³/mol. The van der Waals surface area contributed by atoms with E-state index in [0.717, 1.165) is 48.7 Å². The number of anilines is 1. The van der Waals surface area contributed by atoms with Gasteiger partial charge in [-0.2, -0.15) is 0 Å². The van der Waals surface area contributed by atoms with Crippen LogP contribution in [0.4, 0.5) is 5.69 Å². The first-order chi connectivity index (χ1) is 12.5. The second kappa shape index (κ2) is 8.19. The van der Waals surface area contributed by atoms with Gasteiger partial charge in [0.05, 0.1) is 0 Å². The summed E-state index contributed by atoms with van der Waals surface area (Å²) < 4.78 is 5.42. The average Bonchev–Trinajstić information content (AvgIpc) is 3.09. The van der Waals surface area contributed by atoms with E-state index in [1.165, 1.54) is 0 Å². The molecule has 0 aliphatic carbocycles. The topological polar surface area (TPSA) is 74.7 Å². The van der Waals surface area contributed by atoms with Crippen LogP contribution in [0.25, 0.3) is 0 Å². The quantitative estimate of drug-likeness (QED) is 0.795. The number of hydrogen-bond acceptors (Lipinski definition) is 5. The number of aromatic nitrogens is 1. The molecule has 0 amide bonds. The van der Waals surface area contributed by atoms with Gasteiger partial charge in [-0.3, -0.25) is 9.88 Å². The molecule has 1 fully saturated rings. The SMILES string of the molecule is CNc1cc(C)nc(C2CCN(Cc3ccccc3OCC(=O)O)C2)c1. The van der Waals surface area contributed by atoms with Gasteiger partial charge in [-0.15, -0.1) is 0 Å². The van der Waals surface area contributed by atoms with Crippen LogP contribution in [-0.4, -0.2) is 47.7 Å². The van der Waals surface area contributed by atoms with E-state index in [-0.39, 0.29) is 6.61 Å². The standard InChI is InChI=1S/C20H25N3O3/c1-14-9-17(21-2)10-18(22-14)15-7-8-23(11-15)12-16-5-3-4-6-19(16)26-13-20(24)25/h3-6,9-10,15H,7-8,11-13H2,1-2H3,(H,21,22)(H,24,25). The summed E-state index contributed by atoms with van der Waals surface area (Å²) in [4.78, 5) is 17.8. The van der Waals surface area contributed by atoms with Crippen LogP contribution in [0.1, 0.15) is 29.3 Å². The van der Waals surface area contributed by atoms with Crippen LogP contribution in [0.15, 0.2) is 36.4 Å². The molecule has 26 heavy (non-hydrogen) atoms. The molecule has 0 saturated carbocycles. The molecule has 1 saturated heterocycles. The van der Waals surface area contributed by atoms with E-state index >= 15 is 0 Å². The highest BCUT2D eigenvalue weighted by Crippen LogP contribution is 2.30. The Morgan fingerprint density at radius 3 is 2.96 bits per heavy atom. The third-order valence-electron chi connectivity index (χ3n) is 4.67. The molecule has 0 spiro atoms. The highest BCUT2D eigenvalue weighted by Gasteiger charge is 2.26. The summed E-state index contributed by atoms with van der Waals surface area (Å²) in [7, 11) is 1.92. The van der Waals surface area contributed by atoms with Gasteiger partial charge in [-0.1, -0.05) is 18.2 Å². The van der Waals surface area contributed by atoms with Crippen molar-refractivity contribution in [1.82, 2.24) is 9.88 Å². The molecule has 0 radical (unpaired) electrons. The molecule has 2 heterocycles. The van der Waals surface area contributed by atoms with Crippen molar-refractivity contribution in [2.24, 2.45) is 0 Å². The van der Waals surface area contributed by atoms with Crippen LogP contribution < -0.4 is 10.1 Å². The number of hydrogen-bond donors (Lipinski definition) is 2. The third-order valence-corrected chi connectivity index (χ3v) is 4.67. The molecule has 1 unspecified atom stereocenters. The van der Waals surface area contributed by atoms with Gasteiger partial charge in [0.1, 0.15) is 5.75 Å². The Labute approximate surface area is 153 Å². The van der Waals surface area contributed by atoms with Crippen LogP contribution in [0.2, 0.25) is 0 Å². The fraction of sp³-hybridized carbons (Fsp3) is 0.400. The summed E-state index contributed by atoms with van der Waals surface area (Å²) in [6.45, 7) is 4.37. The lowest BCUT2D eigenvalue weighted by Crippen LogP contribution is -2.21. The van der Waals surface area contributed by atoms with Crippen LogP contribution in [0.5, 0.6) is 5.75 Å². The minimum atomic E-state index is -0.966. The third kappa shape index (κ3) is 4.52. The number of carboxylic acid groups (broad SMARTS) is 1. The van der Waals surface area contributed by atoms with Gasteiger partial charge in [-0.05, 0) is 38.1 Å². The van der Waals surface area contributed by atoms with Crippen molar-refractivity contribution in [3.05, 3.63) is 53.3 Å². The molecule has 3 rings (SSSR count). The fourth-order valence-electron chi connectivity index (χ4n) is 3.42. The van der Waals surface area contributed by atoms with E-state index in [1.54, 1.807) is 0 Å². The van der Waals surface area contributed by atoms with Gasteiger partial charge in [0.2, 0.25) is 0 Å². The van der Waals surface area contributed by atoms with Crippen molar-refractivity contribution >= 4 is 11.7 Å². The zero-order valence-electron chi connectivity index (χ0n) is 15.2. The van der Waals surface area contributed by atoms with Crippen molar-refractivity contribution in [2.45, 2.75) is 25.8 Å². The van der Waals surface area contributed by atoms with E-state index in [0.29, 0.717) is 11.7 Å². The number of carboxylic acids is 1. The molecule has 6 heteroatoms. The molecule has 1 atom stereocenters. The molecule has 2 aromatic rings. The Morgan fingerprint density at radius 2 is 2.19 bits per heavy atom. The largest absolute Gasteiger partial charge is 0.482 e. The smallest absolute Gasteiger partial charge is 0.341 e. The van der Waals surface area contributed by atoms with E-state index in [2.05, 4.69) is 16.3 Å². The van der Waals surface area contributed by atoms with Crippen molar-refractivity contribution in [3.8, 4) is 5.75 Å². The Hall–Kier alpha value is -2.60. The van der Waals surface area contributed by atoms with Crippen molar-refractivity contribution in [2.75, 3.05) is 32.1 Å². The molecular formula is C20H25N3O3. The number of para-hydroxylation sites is 1. The molecule has 138 valence electrons. The van der Waals surface area contributed by atoms with Crippen molar-refractivity contribution in [1.29, 1.82) is 0 Å². The van der Waals surface area contributed by atoms with Gasteiger partial charge >= 0.3 is 5.97 Å². The second-order valence-electron chi connectivity index (χ2n) is 6.68. The zero-order valence-corrected chi connectivity index (χ0v) is 15.2. The maximum absolute atomic E-state index is 10.8. The maximum atomic E-state index is 10.8. The van der Waals surface area contributed by atoms with Gasteiger partial charge in [-0.25, -0.2) is 4.79 Å². The van der Waals surface area contributed by atoms with Gasteiger partial charge in [0.25, 0.3) is 0 Å². The number of aryl methyl sites for hydroxylation is 1. The Balaban J connectivity index is 1.67. The minimum absolute atomic E-state index is 0.320. The molecule has 1 aliphatic rings. The summed E-state index contributed by atoms with van der Waals surface area (Å²) in [6, 6.07) is 11.8. The summed E-state index contributed by atoms with van der Waals surface area (Å²) in [6.07, 6.45) is 1.07. The van der Waals surface area contributed by atoms with Crippen LogP contribution >= 0.6 is 0 Å². The number of nitrogens with one attached hydrogen (secondary N) is 1.